The third kappa shape index (κ3) is 4.85. The molecule has 30 heavy (non-hydrogen) atoms. The number of nitrogens with zero attached hydrogens (tertiary/aromatic N) is 5. The predicted molar refractivity (Wildman–Crippen MR) is 106 cm³/mol. The van der Waals surface area contributed by atoms with Crippen LogP contribution in [0.3, 0.4) is 0 Å². The first-order chi connectivity index (χ1) is 14.5. The van der Waals surface area contributed by atoms with E-state index in [-0.39, 0.29) is 23.2 Å². The van der Waals surface area contributed by atoms with Crippen LogP contribution < -0.4 is 4.74 Å². The zero-order valence-electron chi connectivity index (χ0n) is 16.2. The van der Waals surface area contributed by atoms with Crippen LogP contribution in [0.2, 0.25) is 0 Å². The van der Waals surface area contributed by atoms with Gasteiger partial charge < -0.3 is 9.84 Å². The maximum atomic E-state index is 13.7. The molecule has 1 N–H and O–H groups in total. The van der Waals surface area contributed by atoms with E-state index in [4.69, 9.17) is 10.00 Å². The molecule has 2 aromatic rings. The number of carbonyl (C=O) groups is 1. The maximum Gasteiger partial charge on any atom is 0.269 e. The molecule has 2 heterocycles. The molecule has 1 amide bonds. The summed E-state index contributed by atoms with van der Waals surface area (Å²) in [5, 5.41) is 23.5. The third-order valence-corrected chi connectivity index (χ3v) is 4.58. The number of aromatic nitrogens is 2. The number of ether oxygens (including phenoxy) is 1. The topological polar surface area (TPSA) is 112 Å². The summed E-state index contributed by atoms with van der Waals surface area (Å²) < 4.78 is 19.1. The van der Waals surface area contributed by atoms with Crippen molar-refractivity contribution < 1.29 is 19.0 Å². The lowest BCUT2D eigenvalue weighted by molar-refractivity contribution is -0.129. The lowest BCUT2D eigenvalue weighted by Crippen LogP contribution is -2.28. The van der Waals surface area contributed by atoms with Gasteiger partial charge in [-0.1, -0.05) is 12.6 Å². The van der Waals surface area contributed by atoms with Gasteiger partial charge in [0.1, 0.15) is 11.9 Å². The molecule has 1 aliphatic heterocycles. The summed E-state index contributed by atoms with van der Waals surface area (Å²) in [6.45, 7) is 3.74. The van der Waals surface area contributed by atoms with Gasteiger partial charge in [0, 0.05) is 23.8 Å². The Labute approximate surface area is 172 Å². The van der Waals surface area contributed by atoms with Gasteiger partial charge in [0.25, 0.3) is 5.91 Å². The van der Waals surface area contributed by atoms with Crippen LogP contribution in [0.15, 0.2) is 47.8 Å². The monoisotopic (exact) mass is 409 g/mol. The number of hydrogen-bond acceptors (Lipinski definition) is 7. The number of aliphatic hydroxyl groups excluding tert-OH is 1. The van der Waals surface area contributed by atoms with Crippen LogP contribution in [0, 0.1) is 17.1 Å². The Kier molecular flexibility index (Phi) is 6.83. The average Bonchev–Trinajstić information content (AvgIpc) is 3.26. The first-order valence-electron chi connectivity index (χ1n) is 9.31. The van der Waals surface area contributed by atoms with Crippen molar-refractivity contribution in [1.82, 2.24) is 15.0 Å². The molecule has 0 aliphatic carbocycles. The molecule has 1 atom stereocenters. The molecule has 1 aliphatic rings. The molecule has 0 saturated heterocycles. The van der Waals surface area contributed by atoms with E-state index in [0.717, 1.165) is 0 Å². The van der Waals surface area contributed by atoms with Crippen molar-refractivity contribution in [2.75, 3.05) is 6.61 Å². The van der Waals surface area contributed by atoms with Crippen LogP contribution in [-0.4, -0.2) is 38.8 Å². The number of carbonyl (C=O) groups excluding carboxylic acids is 1. The van der Waals surface area contributed by atoms with E-state index >= 15 is 0 Å². The van der Waals surface area contributed by atoms with Gasteiger partial charge in [0.05, 0.1) is 31.6 Å². The SMILES string of the molecule is C=C(CCCOc1cnc(C#N)cn1)C(=O)N1N=CCC1c1ccc(F)c(CO)c1. The van der Waals surface area contributed by atoms with E-state index in [1.807, 2.05) is 6.07 Å². The van der Waals surface area contributed by atoms with E-state index in [1.54, 1.807) is 18.3 Å². The van der Waals surface area contributed by atoms with Gasteiger partial charge in [-0.3, -0.25) is 4.79 Å². The highest BCUT2D eigenvalue weighted by Gasteiger charge is 2.29. The fraction of sp³-hybridized carbons (Fsp3) is 0.286. The van der Waals surface area contributed by atoms with E-state index in [0.29, 0.717) is 42.9 Å². The Balaban J connectivity index is 1.53. The number of aliphatic hydroxyl groups is 1. The van der Waals surface area contributed by atoms with Crippen molar-refractivity contribution >= 4 is 12.1 Å². The van der Waals surface area contributed by atoms with Crippen molar-refractivity contribution in [3.63, 3.8) is 0 Å². The first-order valence-corrected chi connectivity index (χ1v) is 9.31. The summed E-state index contributed by atoms with van der Waals surface area (Å²) in [5.41, 5.74) is 1.45. The highest BCUT2D eigenvalue weighted by molar-refractivity contribution is 5.94. The molecule has 1 aromatic carbocycles. The van der Waals surface area contributed by atoms with Crippen LogP contribution in [0.25, 0.3) is 0 Å². The van der Waals surface area contributed by atoms with Gasteiger partial charge in [0.15, 0.2) is 5.69 Å². The largest absolute Gasteiger partial charge is 0.477 e. The lowest BCUT2D eigenvalue weighted by atomic mass is 10.0. The average molecular weight is 409 g/mol. The highest BCUT2D eigenvalue weighted by atomic mass is 19.1. The molecule has 0 fully saturated rings. The summed E-state index contributed by atoms with van der Waals surface area (Å²) in [5.74, 6) is -0.512. The smallest absolute Gasteiger partial charge is 0.269 e. The van der Waals surface area contributed by atoms with Crippen molar-refractivity contribution in [2.45, 2.75) is 31.9 Å². The molecule has 9 heteroatoms. The highest BCUT2D eigenvalue weighted by Crippen LogP contribution is 2.31. The summed E-state index contributed by atoms with van der Waals surface area (Å²) in [4.78, 5) is 20.6. The molecular weight excluding hydrogens is 389 g/mol. The summed E-state index contributed by atoms with van der Waals surface area (Å²) in [7, 11) is 0. The number of amides is 1. The van der Waals surface area contributed by atoms with E-state index in [9.17, 15) is 14.3 Å². The maximum absolute atomic E-state index is 13.7. The van der Waals surface area contributed by atoms with Gasteiger partial charge in [-0.25, -0.2) is 19.4 Å². The summed E-state index contributed by atoms with van der Waals surface area (Å²) >= 11 is 0. The Morgan fingerprint density at radius 2 is 2.23 bits per heavy atom. The second-order valence-electron chi connectivity index (χ2n) is 6.62. The quantitative estimate of drug-likeness (QED) is 0.530. The van der Waals surface area contributed by atoms with Gasteiger partial charge in [0.2, 0.25) is 5.88 Å². The third-order valence-electron chi connectivity index (χ3n) is 4.58. The number of nitriles is 1. The lowest BCUT2D eigenvalue weighted by Gasteiger charge is -2.23. The van der Waals surface area contributed by atoms with Gasteiger partial charge in [-0.15, -0.1) is 0 Å². The number of halogens is 1. The Morgan fingerprint density at radius 1 is 1.40 bits per heavy atom. The number of benzene rings is 1. The van der Waals surface area contributed by atoms with Crippen molar-refractivity contribution in [1.29, 1.82) is 5.26 Å². The van der Waals surface area contributed by atoms with E-state index in [1.165, 1.54) is 23.5 Å². The zero-order valence-corrected chi connectivity index (χ0v) is 16.2. The van der Waals surface area contributed by atoms with Crippen molar-refractivity contribution in [2.24, 2.45) is 5.10 Å². The number of hydrogen-bond donors (Lipinski definition) is 1. The molecule has 1 aromatic heterocycles. The van der Waals surface area contributed by atoms with Crippen LogP contribution >= 0.6 is 0 Å². The Morgan fingerprint density at radius 3 is 2.93 bits per heavy atom. The minimum Gasteiger partial charge on any atom is -0.477 e. The Bertz CT molecular complexity index is 1000. The number of hydrazone groups is 1. The minimum absolute atomic E-state index is 0.175. The molecule has 1 unspecified atom stereocenters. The van der Waals surface area contributed by atoms with Gasteiger partial charge in [-0.05, 0) is 30.5 Å². The molecule has 0 saturated carbocycles. The fourth-order valence-corrected chi connectivity index (χ4v) is 2.99. The second-order valence-corrected chi connectivity index (χ2v) is 6.62. The zero-order chi connectivity index (χ0) is 21.5. The van der Waals surface area contributed by atoms with E-state index < -0.39 is 12.4 Å². The molecule has 0 radical (unpaired) electrons. The fourth-order valence-electron chi connectivity index (χ4n) is 2.99. The minimum atomic E-state index is -0.491. The Hall–Kier alpha value is -3.64. The molecule has 3 rings (SSSR count). The number of rotatable bonds is 8. The normalized spacial score (nSPS) is 15.1. The van der Waals surface area contributed by atoms with Crippen LogP contribution in [0.4, 0.5) is 4.39 Å². The van der Waals surface area contributed by atoms with Gasteiger partial charge in [-0.2, -0.15) is 10.4 Å². The molecular formula is C21H20FN5O3. The molecule has 0 bridgehead atoms. The van der Waals surface area contributed by atoms with Crippen LogP contribution in [0.1, 0.15) is 42.1 Å². The standard InChI is InChI=1S/C21H20FN5O3/c1-14(3-2-8-30-20-12-24-17(10-23)11-25-20)21(29)27-19(6-7-26-27)15-4-5-18(22)16(9-15)13-28/h4-5,7,9,11-12,19,28H,1-3,6,8,13H2. The molecule has 154 valence electrons. The van der Waals surface area contributed by atoms with Crippen LogP contribution in [-0.2, 0) is 11.4 Å². The molecule has 8 nitrogen and oxygen atoms in total. The summed E-state index contributed by atoms with van der Waals surface area (Å²) in [6, 6.07) is 5.91. The molecule has 0 spiro atoms. The predicted octanol–water partition coefficient (Wildman–Crippen LogP) is 2.65. The second kappa shape index (κ2) is 9.71. The van der Waals surface area contributed by atoms with Crippen LogP contribution in [0.5, 0.6) is 5.88 Å². The van der Waals surface area contributed by atoms with Crippen molar-refractivity contribution in [3.05, 3.63) is 65.4 Å². The van der Waals surface area contributed by atoms with Crippen molar-refractivity contribution in [3.8, 4) is 11.9 Å². The van der Waals surface area contributed by atoms with E-state index in [2.05, 4.69) is 21.6 Å². The van der Waals surface area contributed by atoms with Gasteiger partial charge >= 0.3 is 0 Å². The first kappa shape index (κ1) is 21.1. The summed E-state index contributed by atoms with van der Waals surface area (Å²) in [6.07, 6.45) is 5.74.